The lowest BCUT2D eigenvalue weighted by Gasteiger charge is -2.31. The van der Waals surface area contributed by atoms with E-state index in [2.05, 4.69) is 10.6 Å². The molecular weight excluding hydrogens is 466 g/mol. The summed E-state index contributed by atoms with van der Waals surface area (Å²) in [5.74, 6) is 0.566. The van der Waals surface area contributed by atoms with E-state index in [1.54, 1.807) is 43.3 Å². The standard InChI is InChI=1S/C26H27N3O7/c1-16-8-10-20(36-16)24(26(32)28-17-5-2-3-6-17)29(18-9-11-19-22(13-18)35-15-34-19)23(30)14-27-25(31)21-7-4-12-33-21/h4,7-13,17,24H,2-3,5-6,14-15H2,1H3,(H,27,31)(H,28,32). The van der Waals surface area contributed by atoms with Crippen molar-refractivity contribution in [1.29, 1.82) is 0 Å². The first-order chi connectivity index (χ1) is 17.5. The summed E-state index contributed by atoms with van der Waals surface area (Å²) in [5.41, 5.74) is 0.400. The maximum absolute atomic E-state index is 13.7. The van der Waals surface area contributed by atoms with Gasteiger partial charge in [0.15, 0.2) is 23.3 Å². The van der Waals surface area contributed by atoms with Crippen LogP contribution in [0.5, 0.6) is 11.5 Å². The Hall–Kier alpha value is -4.21. The lowest BCUT2D eigenvalue weighted by molar-refractivity contribution is -0.127. The third kappa shape index (κ3) is 4.93. The zero-order valence-corrected chi connectivity index (χ0v) is 19.8. The molecule has 36 heavy (non-hydrogen) atoms. The number of furan rings is 2. The average molecular weight is 494 g/mol. The minimum absolute atomic E-state index is 0.0309. The van der Waals surface area contributed by atoms with Crippen molar-refractivity contribution in [3.05, 3.63) is 66.0 Å². The van der Waals surface area contributed by atoms with Crippen molar-refractivity contribution in [1.82, 2.24) is 10.6 Å². The highest BCUT2D eigenvalue weighted by atomic mass is 16.7. The quantitative estimate of drug-likeness (QED) is 0.492. The largest absolute Gasteiger partial charge is 0.464 e. The van der Waals surface area contributed by atoms with Gasteiger partial charge in [-0.15, -0.1) is 0 Å². The molecule has 0 saturated heterocycles. The van der Waals surface area contributed by atoms with Crippen molar-refractivity contribution < 1.29 is 32.7 Å². The Kier molecular flexibility index (Phi) is 6.66. The number of hydrogen-bond donors (Lipinski definition) is 2. The molecule has 1 saturated carbocycles. The van der Waals surface area contributed by atoms with E-state index < -0.39 is 17.9 Å². The normalized spacial score (nSPS) is 15.5. The number of nitrogens with one attached hydrogen (secondary N) is 2. The maximum Gasteiger partial charge on any atom is 0.287 e. The van der Waals surface area contributed by atoms with Crippen LogP contribution in [0.1, 0.15) is 53.8 Å². The first-order valence-corrected chi connectivity index (χ1v) is 11.9. The highest BCUT2D eigenvalue weighted by Gasteiger charge is 2.37. The number of carbonyl (C=O) groups excluding carboxylic acids is 3. The number of amides is 3. The third-order valence-corrected chi connectivity index (χ3v) is 6.29. The molecule has 1 atom stereocenters. The molecule has 1 fully saturated rings. The fraction of sp³-hybridized carbons (Fsp3) is 0.346. The van der Waals surface area contributed by atoms with Gasteiger partial charge in [0.2, 0.25) is 12.7 Å². The molecule has 188 valence electrons. The molecule has 3 amide bonds. The van der Waals surface area contributed by atoms with E-state index in [0.717, 1.165) is 25.7 Å². The van der Waals surface area contributed by atoms with Crippen molar-refractivity contribution in [2.45, 2.75) is 44.7 Å². The van der Waals surface area contributed by atoms with Crippen LogP contribution in [-0.4, -0.2) is 37.1 Å². The van der Waals surface area contributed by atoms with Crippen LogP contribution >= 0.6 is 0 Å². The second-order valence-electron chi connectivity index (χ2n) is 8.80. The zero-order chi connectivity index (χ0) is 25.1. The molecule has 1 aliphatic carbocycles. The summed E-state index contributed by atoms with van der Waals surface area (Å²) in [6.45, 7) is 1.46. The number of anilines is 1. The second-order valence-corrected chi connectivity index (χ2v) is 8.80. The Bertz CT molecular complexity index is 1240. The van der Waals surface area contributed by atoms with E-state index in [-0.39, 0.29) is 31.0 Å². The fourth-order valence-corrected chi connectivity index (χ4v) is 4.53. The first-order valence-electron chi connectivity index (χ1n) is 11.9. The number of rotatable bonds is 8. The monoisotopic (exact) mass is 493 g/mol. The highest BCUT2D eigenvalue weighted by molar-refractivity contribution is 6.04. The zero-order valence-electron chi connectivity index (χ0n) is 19.8. The Morgan fingerprint density at radius 1 is 1.06 bits per heavy atom. The average Bonchev–Trinajstić information content (AvgIpc) is 3.67. The van der Waals surface area contributed by atoms with E-state index in [0.29, 0.717) is 28.7 Å². The van der Waals surface area contributed by atoms with Gasteiger partial charge in [-0.2, -0.15) is 0 Å². The molecule has 10 heteroatoms. The van der Waals surface area contributed by atoms with Crippen molar-refractivity contribution >= 4 is 23.4 Å². The Morgan fingerprint density at radius 3 is 2.58 bits per heavy atom. The molecule has 0 spiro atoms. The number of hydrogen-bond acceptors (Lipinski definition) is 7. The lowest BCUT2D eigenvalue weighted by Crippen LogP contribution is -2.49. The van der Waals surface area contributed by atoms with Crippen molar-refractivity contribution in [3.8, 4) is 11.5 Å². The van der Waals surface area contributed by atoms with Crippen LogP contribution in [0, 0.1) is 6.92 Å². The number of ether oxygens (including phenoxy) is 2. The molecule has 1 unspecified atom stereocenters. The van der Waals surface area contributed by atoms with E-state index in [1.165, 1.54) is 17.2 Å². The van der Waals surface area contributed by atoms with E-state index in [4.69, 9.17) is 18.3 Å². The fourth-order valence-electron chi connectivity index (χ4n) is 4.53. The van der Waals surface area contributed by atoms with Crippen LogP contribution in [0.3, 0.4) is 0 Å². The molecule has 0 bridgehead atoms. The number of benzene rings is 1. The molecule has 3 heterocycles. The molecule has 1 aromatic carbocycles. The minimum Gasteiger partial charge on any atom is -0.464 e. The number of nitrogens with zero attached hydrogens (tertiary/aromatic N) is 1. The molecule has 5 rings (SSSR count). The molecule has 0 radical (unpaired) electrons. The van der Waals surface area contributed by atoms with Gasteiger partial charge < -0.3 is 28.9 Å². The summed E-state index contributed by atoms with van der Waals surface area (Å²) in [6.07, 6.45) is 5.22. The summed E-state index contributed by atoms with van der Waals surface area (Å²) in [5, 5.41) is 5.65. The van der Waals surface area contributed by atoms with Crippen LogP contribution in [-0.2, 0) is 9.59 Å². The van der Waals surface area contributed by atoms with Gasteiger partial charge in [-0.05, 0) is 56.2 Å². The number of carbonyl (C=O) groups is 3. The maximum atomic E-state index is 13.7. The van der Waals surface area contributed by atoms with Crippen molar-refractivity contribution in [2.75, 3.05) is 18.2 Å². The van der Waals surface area contributed by atoms with Crippen LogP contribution in [0.15, 0.2) is 57.6 Å². The van der Waals surface area contributed by atoms with Crippen LogP contribution in [0.4, 0.5) is 5.69 Å². The van der Waals surface area contributed by atoms with Gasteiger partial charge in [0.1, 0.15) is 11.5 Å². The van der Waals surface area contributed by atoms with Crippen LogP contribution in [0.25, 0.3) is 0 Å². The van der Waals surface area contributed by atoms with Gasteiger partial charge in [0.05, 0.1) is 12.8 Å². The summed E-state index contributed by atoms with van der Waals surface area (Å²) in [4.78, 5) is 41.1. The second kappa shape index (κ2) is 10.2. The van der Waals surface area contributed by atoms with Crippen molar-refractivity contribution in [2.24, 2.45) is 0 Å². The molecule has 3 aromatic rings. The van der Waals surface area contributed by atoms with Gasteiger partial charge in [-0.3, -0.25) is 19.3 Å². The Labute approximate surface area is 207 Å². The molecule has 1 aliphatic heterocycles. The van der Waals surface area contributed by atoms with E-state index >= 15 is 0 Å². The third-order valence-electron chi connectivity index (χ3n) is 6.29. The number of fused-ring (bicyclic) bond motifs is 1. The van der Waals surface area contributed by atoms with Crippen molar-refractivity contribution in [3.63, 3.8) is 0 Å². The SMILES string of the molecule is Cc1ccc(C(C(=O)NC2CCCC2)N(C(=O)CNC(=O)c2ccco2)c2ccc3c(c2)OCO3)o1. The molecule has 2 N–H and O–H groups in total. The van der Waals surface area contributed by atoms with Gasteiger partial charge in [0.25, 0.3) is 11.8 Å². The molecule has 2 aliphatic rings. The van der Waals surface area contributed by atoms with E-state index in [9.17, 15) is 14.4 Å². The summed E-state index contributed by atoms with van der Waals surface area (Å²) < 4.78 is 21.9. The van der Waals surface area contributed by atoms with Gasteiger partial charge >= 0.3 is 0 Å². The smallest absolute Gasteiger partial charge is 0.287 e. The Balaban J connectivity index is 1.49. The Morgan fingerprint density at radius 2 is 1.86 bits per heavy atom. The van der Waals surface area contributed by atoms with Crippen LogP contribution in [0.2, 0.25) is 0 Å². The highest BCUT2D eigenvalue weighted by Crippen LogP contribution is 2.38. The topological polar surface area (TPSA) is 123 Å². The molecular formula is C26H27N3O7. The summed E-state index contributed by atoms with van der Waals surface area (Å²) >= 11 is 0. The van der Waals surface area contributed by atoms with E-state index in [1.807, 2.05) is 0 Å². The van der Waals surface area contributed by atoms with Gasteiger partial charge in [-0.25, -0.2) is 0 Å². The van der Waals surface area contributed by atoms with Gasteiger partial charge in [-0.1, -0.05) is 12.8 Å². The minimum atomic E-state index is -1.10. The predicted molar refractivity (Wildman–Crippen MR) is 128 cm³/mol. The summed E-state index contributed by atoms with van der Waals surface area (Å²) in [7, 11) is 0. The van der Waals surface area contributed by atoms with Gasteiger partial charge in [0, 0.05) is 17.8 Å². The molecule has 2 aromatic heterocycles. The summed E-state index contributed by atoms with van der Waals surface area (Å²) in [6, 6.07) is 10.4. The predicted octanol–water partition coefficient (Wildman–Crippen LogP) is 3.47. The first kappa shape index (κ1) is 23.5. The molecule has 10 nitrogen and oxygen atoms in total. The number of aryl methyl sites for hydroxylation is 1. The van der Waals surface area contributed by atoms with Crippen LogP contribution < -0.4 is 25.0 Å². The lowest BCUT2D eigenvalue weighted by atomic mass is 10.1.